The number of piperidine rings is 1. The van der Waals surface area contributed by atoms with E-state index in [2.05, 4.69) is 25.9 Å². The van der Waals surface area contributed by atoms with Gasteiger partial charge in [0.05, 0.1) is 11.9 Å². The van der Waals surface area contributed by atoms with Crippen LogP contribution in [0, 0.1) is 0 Å². The number of para-hydroxylation sites is 1. The molecule has 3 N–H and O–H groups in total. The zero-order valence-electron chi connectivity index (χ0n) is 22.8. The molecule has 2 aromatic heterocycles. The van der Waals surface area contributed by atoms with Crippen LogP contribution in [0.25, 0.3) is 0 Å². The SMILES string of the molecule is O=C(Nc1ccc(N2CCN(C(=O)Nc3ccccc3C3CN3)CC2)nc1)c1oc(N2CCCCC2)nc1C(F)(F)F. The van der Waals surface area contributed by atoms with E-state index in [4.69, 9.17) is 4.42 Å². The molecule has 1 aromatic carbocycles. The number of alkyl halides is 3. The Kier molecular flexibility index (Phi) is 7.62. The number of amides is 3. The molecule has 0 bridgehead atoms. The number of rotatable bonds is 6. The van der Waals surface area contributed by atoms with Crippen molar-refractivity contribution >= 4 is 35.1 Å². The van der Waals surface area contributed by atoms with E-state index in [9.17, 15) is 22.8 Å². The molecule has 3 aromatic rings. The normalized spacial score (nSPS) is 19.0. The van der Waals surface area contributed by atoms with Gasteiger partial charge in [0.25, 0.3) is 11.9 Å². The van der Waals surface area contributed by atoms with Gasteiger partial charge in [0.15, 0.2) is 5.69 Å². The lowest BCUT2D eigenvalue weighted by molar-refractivity contribution is -0.141. The number of hydrogen-bond acceptors (Lipinski definition) is 8. The molecule has 14 heteroatoms. The number of carbonyl (C=O) groups excluding carboxylic acids is 2. The molecular formula is C28H31F3N8O3. The first kappa shape index (κ1) is 27.8. The zero-order valence-corrected chi connectivity index (χ0v) is 22.8. The van der Waals surface area contributed by atoms with Crippen molar-refractivity contribution in [2.45, 2.75) is 31.5 Å². The Labute approximate surface area is 240 Å². The lowest BCUT2D eigenvalue weighted by atomic mass is 10.1. The molecule has 3 amide bonds. The first-order chi connectivity index (χ1) is 20.3. The number of urea groups is 1. The van der Waals surface area contributed by atoms with E-state index in [0.717, 1.165) is 37.1 Å². The van der Waals surface area contributed by atoms with E-state index >= 15 is 0 Å². The third-order valence-electron chi connectivity index (χ3n) is 7.60. The molecule has 1 unspecified atom stereocenters. The Hall–Kier alpha value is -4.33. The number of hydrogen-bond donors (Lipinski definition) is 3. The second-order valence-electron chi connectivity index (χ2n) is 10.5. The quantitative estimate of drug-likeness (QED) is 0.366. The summed E-state index contributed by atoms with van der Waals surface area (Å²) in [7, 11) is 0. The smallest absolute Gasteiger partial charge is 0.417 e. The van der Waals surface area contributed by atoms with E-state index in [0.29, 0.717) is 45.1 Å². The number of piperazine rings is 1. The Morgan fingerprint density at radius 2 is 1.67 bits per heavy atom. The minimum Gasteiger partial charge on any atom is -0.417 e. The number of anilines is 4. The number of nitrogens with one attached hydrogen (secondary N) is 3. The average Bonchev–Trinajstić information content (AvgIpc) is 3.74. The standard InChI is InChI=1S/C28H31F3N8O3/c29-28(30,31)24-23(42-27(36-24)39-10-4-1-5-11-39)25(40)34-18-8-9-22(33-16-18)37-12-14-38(15-13-37)26(41)35-20-7-3-2-6-19(20)21-17-32-21/h2-3,6-9,16,21,32H,1,4-5,10-15,17H2,(H,34,40)(H,35,41). The largest absolute Gasteiger partial charge is 0.437 e. The van der Waals surface area contributed by atoms with Crippen molar-refractivity contribution in [3.63, 3.8) is 0 Å². The molecule has 222 valence electrons. The van der Waals surface area contributed by atoms with Crippen molar-refractivity contribution in [3.8, 4) is 0 Å². The van der Waals surface area contributed by atoms with Gasteiger partial charge in [0.1, 0.15) is 5.82 Å². The number of aromatic nitrogens is 2. The first-order valence-corrected chi connectivity index (χ1v) is 14.0. The van der Waals surface area contributed by atoms with Crippen LogP contribution >= 0.6 is 0 Å². The predicted molar refractivity (Wildman–Crippen MR) is 150 cm³/mol. The summed E-state index contributed by atoms with van der Waals surface area (Å²) in [6.45, 7) is 4.01. The summed E-state index contributed by atoms with van der Waals surface area (Å²) in [4.78, 5) is 39.1. The van der Waals surface area contributed by atoms with Gasteiger partial charge in [-0.15, -0.1) is 0 Å². The van der Waals surface area contributed by atoms with Crippen molar-refractivity contribution in [2.24, 2.45) is 0 Å². The van der Waals surface area contributed by atoms with Crippen molar-refractivity contribution in [3.05, 3.63) is 59.6 Å². The molecule has 5 heterocycles. The van der Waals surface area contributed by atoms with Crippen LogP contribution in [0.2, 0.25) is 0 Å². The summed E-state index contributed by atoms with van der Waals surface area (Å²) < 4.78 is 46.3. The molecule has 11 nitrogen and oxygen atoms in total. The highest BCUT2D eigenvalue weighted by atomic mass is 19.4. The average molecular weight is 585 g/mol. The summed E-state index contributed by atoms with van der Waals surface area (Å²) in [5.41, 5.74) is 0.741. The number of carbonyl (C=O) groups is 2. The topological polar surface area (TPSA) is 129 Å². The minimum absolute atomic E-state index is 0.164. The maximum Gasteiger partial charge on any atom is 0.437 e. The van der Waals surface area contributed by atoms with Crippen LogP contribution in [0.4, 0.5) is 41.2 Å². The van der Waals surface area contributed by atoms with Gasteiger partial charge in [-0.2, -0.15) is 18.2 Å². The molecule has 0 spiro atoms. The number of nitrogens with zero attached hydrogens (tertiary/aromatic N) is 5. The van der Waals surface area contributed by atoms with Gasteiger partial charge in [0.2, 0.25) is 5.76 Å². The van der Waals surface area contributed by atoms with Crippen LogP contribution in [0.5, 0.6) is 0 Å². The molecular weight excluding hydrogens is 553 g/mol. The van der Waals surface area contributed by atoms with Crippen LogP contribution in [0.15, 0.2) is 47.0 Å². The fourth-order valence-corrected chi connectivity index (χ4v) is 5.24. The Morgan fingerprint density at radius 3 is 2.33 bits per heavy atom. The van der Waals surface area contributed by atoms with E-state index in [1.54, 1.807) is 21.9 Å². The molecule has 3 saturated heterocycles. The fourth-order valence-electron chi connectivity index (χ4n) is 5.24. The Balaban J connectivity index is 1.05. The van der Waals surface area contributed by atoms with Crippen LogP contribution in [0.1, 0.15) is 47.1 Å². The summed E-state index contributed by atoms with van der Waals surface area (Å²) in [6.07, 6.45) is -0.845. The zero-order chi connectivity index (χ0) is 29.3. The van der Waals surface area contributed by atoms with Gasteiger partial charge in [-0.05, 0) is 43.0 Å². The summed E-state index contributed by atoms with van der Waals surface area (Å²) >= 11 is 0. The fraction of sp³-hybridized carbons (Fsp3) is 0.429. The first-order valence-electron chi connectivity index (χ1n) is 14.0. The molecule has 42 heavy (non-hydrogen) atoms. The molecule has 3 fully saturated rings. The van der Waals surface area contributed by atoms with Crippen LogP contribution in [-0.2, 0) is 6.18 Å². The van der Waals surface area contributed by atoms with Crippen molar-refractivity contribution < 1.29 is 27.2 Å². The molecule has 6 rings (SSSR count). The second-order valence-corrected chi connectivity index (χ2v) is 10.5. The maximum absolute atomic E-state index is 13.7. The predicted octanol–water partition coefficient (Wildman–Crippen LogP) is 4.33. The lowest BCUT2D eigenvalue weighted by Crippen LogP contribution is -2.50. The molecule has 0 aliphatic carbocycles. The van der Waals surface area contributed by atoms with Gasteiger partial charge in [-0.25, -0.2) is 9.78 Å². The number of oxazole rings is 1. The van der Waals surface area contributed by atoms with Crippen LogP contribution in [0.3, 0.4) is 0 Å². The highest BCUT2D eigenvalue weighted by Gasteiger charge is 2.42. The van der Waals surface area contributed by atoms with Gasteiger partial charge in [-0.1, -0.05) is 18.2 Å². The monoisotopic (exact) mass is 584 g/mol. The van der Waals surface area contributed by atoms with Crippen molar-refractivity contribution in [2.75, 3.05) is 66.2 Å². The third-order valence-corrected chi connectivity index (χ3v) is 7.60. The highest BCUT2D eigenvalue weighted by Crippen LogP contribution is 2.35. The van der Waals surface area contributed by atoms with E-state index in [-0.39, 0.29) is 23.8 Å². The van der Waals surface area contributed by atoms with Gasteiger partial charge in [0, 0.05) is 57.5 Å². The van der Waals surface area contributed by atoms with Crippen molar-refractivity contribution in [1.82, 2.24) is 20.2 Å². The van der Waals surface area contributed by atoms with E-state index in [1.807, 2.05) is 29.2 Å². The number of benzene rings is 1. The maximum atomic E-state index is 13.7. The van der Waals surface area contributed by atoms with Crippen molar-refractivity contribution in [1.29, 1.82) is 0 Å². The minimum atomic E-state index is -4.84. The molecule has 0 radical (unpaired) electrons. The Morgan fingerprint density at radius 1 is 0.929 bits per heavy atom. The number of pyridine rings is 1. The molecule has 1 atom stereocenters. The third kappa shape index (κ3) is 6.12. The highest BCUT2D eigenvalue weighted by molar-refractivity contribution is 6.03. The summed E-state index contributed by atoms with van der Waals surface area (Å²) in [5, 5.41) is 8.71. The molecule has 3 aliphatic heterocycles. The molecule has 0 saturated carbocycles. The summed E-state index contributed by atoms with van der Waals surface area (Å²) in [5.74, 6) is -1.30. The molecule has 3 aliphatic rings. The summed E-state index contributed by atoms with van der Waals surface area (Å²) in [6, 6.07) is 10.9. The lowest BCUT2D eigenvalue weighted by Gasteiger charge is -2.35. The van der Waals surface area contributed by atoms with Crippen LogP contribution in [-0.4, -0.2) is 72.6 Å². The Bertz CT molecular complexity index is 1430. The number of halogens is 3. The second kappa shape index (κ2) is 11.5. The van der Waals surface area contributed by atoms with E-state index < -0.39 is 23.5 Å². The van der Waals surface area contributed by atoms with Gasteiger partial charge in [-0.3, -0.25) is 4.79 Å². The van der Waals surface area contributed by atoms with E-state index in [1.165, 1.54) is 6.20 Å². The van der Waals surface area contributed by atoms with Gasteiger partial charge < -0.3 is 35.1 Å². The van der Waals surface area contributed by atoms with Crippen LogP contribution < -0.4 is 25.8 Å². The van der Waals surface area contributed by atoms with Gasteiger partial charge >= 0.3 is 12.2 Å².